The van der Waals surface area contributed by atoms with Crippen LogP contribution in [-0.4, -0.2) is 11.8 Å². The highest BCUT2D eigenvalue weighted by atomic mass is 32.1. The van der Waals surface area contributed by atoms with Gasteiger partial charge in [-0.25, -0.2) is 4.99 Å². The molecule has 1 rings (SSSR count). The third kappa shape index (κ3) is 2.99. The lowest BCUT2D eigenvalue weighted by atomic mass is 10.3. The standard InChI is InChI=1S/C9H10F2N2S/c1-9(10,11)8(12)13-6-2-4-7(14)5-3-6/h2-5,14H,1H3,(H2,12,13). The predicted molar refractivity (Wildman–Crippen MR) is 55.6 cm³/mol. The number of hydrogen-bond acceptors (Lipinski definition) is 2. The van der Waals surface area contributed by atoms with Crippen LogP contribution < -0.4 is 5.73 Å². The average molecular weight is 216 g/mol. The van der Waals surface area contributed by atoms with Crippen LogP contribution in [0.15, 0.2) is 34.2 Å². The largest absolute Gasteiger partial charge is 0.382 e. The molecule has 0 spiro atoms. The lowest BCUT2D eigenvalue weighted by molar-refractivity contribution is 0.0990. The Bertz CT molecular complexity index is 341. The number of nitrogens with two attached hydrogens (primary N) is 1. The van der Waals surface area contributed by atoms with E-state index in [1.165, 1.54) is 0 Å². The zero-order valence-electron chi connectivity index (χ0n) is 7.54. The van der Waals surface area contributed by atoms with Gasteiger partial charge in [-0.2, -0.15) is 8.78 Å². The first-order valence-corrected chi connectivity index (χ1v) is 4.36. The van der Waals surface area contributed by atoms with E-state index in [4.69, 9.17) is 5.73 Å². The lowest BCUT2D eigenvalue weighted by Gasteiger charge is -2.08. The second kappa shape index (κ2) is 3.96. The first-order valence-electron chi connectivity index (χ1n) is 3.91. The molecule has 2 nitrogen and oxygen atoms in total. The molecular weight excluding hydrogens is 206 g/mol. The number of aliphatic imine (C=N–C) groups is 1. The summed E-state index contributed by atoms with van der Waals surface area (Å²) in [5.41, 5.74) is 5.49. The van der Waals surface area contributed by atoms with E-state index in [-0.39, 0.29) is 0 Å². The van der Waals surface area contributed by atoms with Crippen LogP contribution in [-0.2, 0) is 0 Å². The molecule has 0 atom stereocenters. The highest BCUT2D eigenvalue weighted by Gasteiger charge is 2.26. The van der Waals surface area contributed by atoms with Gasteiger partial charge in [0.05, 0.1) is 5.69 Å². The molecule has 0 unspecified atom stereocenters. The summed E-state index contributed by atoms with van der Waals surface area (Å²) in [7, 11) is 0. The van der Waals surface area contributed by atoms with Crippen molar-refractivity contribution in [1.82, 2.24) is 0 Å². The van der Waals surface area contributed by atoms with E-state index < -0.39 is 11.8 Å². The maximum atomic E-state index is 12.6. The molecule has 0 heterocycles. The van der Waals surface area contributed by atoms with Crippen molar-refractivity contribution in [1.29, 1.82) is 0 Å². The summed E-state index contributed by atoms with van der Waals surface area (Å²) < 4.78 is 25.2. The first-order chi connectivity index (χ1) is 6.39. The minimum Gasteiger partial charge on any atom is -0.382 e. The number of nitrogens with zero attached hydrogens (tertiary/aromatic N) is 1. The Hall–Kier alpha value is -1.10. The molecule has 0 saturated heterocycles. The monoisotopic (exact) mass is 216 g/mol. The summed E-state index contributed by atoms with van der Waals surface area (Å²) in [5.74, 6) is -3.77. The second-order valence-corrected chi connectivity index (χ2v) is 3.42. The minimum atomic E-state index is -3.08. The number of amidine groups is 1. The molecule has 0 saturated carbocycles. The highest BCUT2D eigenvalue weighted by Crippen LogP contribution is 2.18. The molecule has 0 aliphatic heterocycles. The van der Waals surface area contributed by atoms with Crippen LogP contribution >= 0.6 is 12.6 Å². The van der Waals surface area contributed by atoms with Crippen LogP contribution in [0.3, 0.4) is 0 Å². The van der Waals surface area contributed by atoms with Gasteiger partial charge in [0.1, 0.15) is 0 Å². The molecule has 1 aromatic carbocycles. The number of rotatable bonds is 2. The number of thiol groups is 1. The van der Waals surface area contributed by atoms with Crippen molar-refractivity contribution in [3.63, 3.8) is 0 Å². The first kappa shape index (κ1) is 11.0. The van der Waals surface area contributed by atoms with Gasteiger partial charge in [0.2, 0.25) is 0 Å². The summed E-state index contributed by atoms with van der Waals surface area (Å²) in [4.78, 5) is 4.32. The van der Waals surface area contributed by atoms with Crippen molar-refractivity contribution in [2.24, 2.45) is 10.7 Å². The second-order valence-electron chi connectivity index (χ2n) is 2.90. The summed E-state index contributed by atoms with van der Waals surface area (Å²) in [6, 6.07) is 6.45. The van der Waals surface area contributed by atoms with Crippen LogP contribution in [0.2, 0.25) is 0 Å². The summed E-state index contributed by atoms with van der Waals surface area (Å²) in [6.07, 6.45) is 0. The minimum absolute atomic E-state index is 0.391. The lowest BCUT2D eigenvalue weighted by Crippen LogP contribution is -2.32. The van der Waals surface area contributed by atoms with Crippen LogP contribution in [0, 0.1) is 0 Å². The third-order valence-corrected chi connectivity index (χ3v) is 1.85. The van der Waals surface area contributed by atoms with Crippen LogP contribution in [0.5, 0.6) is 0 Å². The maximum Gasteiger partial charge on any atom is 0.301 e. The van der Waals surface area contributed by atoms with Gasteiger partial charge in [-0.15, -0.1) is 12.6 Å². The fraction of sp³-hybridized carbons (Fsp3) is 0.222. The summed E-state index contributed by atoms with van der Waals surface area (Å²) in [5, 5.41) is 0. The number of benzene rings is 1. The van der Waals surface area contributed by atoms with E-state index in [0.29, 0.717) is 12.6 Å². The van der Waals surface area contributed by atoms with Gasteiger partial charge in [0.15, 0.2) is 5.84 Å². The Morgan fingerprint density at radius 3 is 2.29 bits per heavy atom. The zero-order valence-corrected chi connectivity index (χ0v) is 8.43. The van der Waals surface area contributed by atoms with E-state index in [1.54, 1.807) is 24.3 Å². The van der Waals surface area contributed by atoms with Gasteiger partial charge in [0, 0.05) is 11.8 Å². The molecule has 14 heavy (non-hydrogen) atoms. The molecular formula is C9H10F2N2S. The SMILES string of the molecule is CC(F)(F)C(N)=Nc1ccc(S)cc1. The molecule has 2 N–H and O–H groups in total. The average Bonchev–Trinajstić information content (AvgIpc) is 2.07. The molecule has 0 bridgehead atoms. The topological polar surface area (TPSA) is 38.4 Å². The molecule has 1 aromatic rings. The van der Waals surface area contributed by atoms with Gasteiger partial charge in [0.25, 0.3) is 0 Å². The van der Waals surface area contributed by atoms with E-state index in [2.05, 4.69) is 17.6 Å². The molecule has 0 aliphatic carbocycles. The highest BCUT2D eigenvalue weighted by molar-refractivity contribution is 7.80. The van der Waals surface area contributed by atoms with Crippen LogP contribution in [0.1, 0.15) is 6.92 Å². The summed E-state index contributed by atoms with van der Waals surface area (Å²) in [6.45, 7) is 0.707. The molecule has 0 aromatic heterocycles. The Kier molecular flexibility index (Phi) is 3.10. The van der Waals surface area contributed by atoms with E-state index >= 15 is 0 Å². The van der Waals surface area contributed by atoms with Crippen molar-refractivity contribution in [2.75, 3.05) is 0 Å². The number of hydrogen-bond donors (Lipinski definition) is 2. The summed E-state index contributed by atoms with van der Waals surface area (Å²) >= 11 is 4.05. The Labute approximate surface area is 86.2 Å². The van der Waals surface area contributed by atoms with Crippen molar-refractivity contribution in [3.05, 3.63) is 24.3 Å². The molecule has 0 radical (unpaired) electrons. The molecule has 5 heteroatoms. The fourth-order valence-electron chi connectivity index (χ4n) is 0.764. The van der Waals surface area contributed by atoms with Crippen molar-refractivity contribution < 1.29 is 8.78 Å². The molecule has 76 valence electrons. The van der Waals surface area contributed by atoms with Gasteiger partial charge < -0.3 is 5.73 Å². The van der Waals surface area contributed by atoms with Crippen molar-refractivity contribution >= 4 is 24.2 Å². The zero-order chi connectivity index (χ0) is 10.8. The van der Waals surface area contributed by atoms with E-state index in [9.17, 15) is 8.78 Å². The Morgan fingerprint density at radius 2 is 1.86 bits per heavy atom. The quantitative estimate of drug-likeness (QED) is 0.445. The van der Waals surface area contributed by atoms with E-state index in [1.807, 2.05) is 0 Å². The number of halogens is 2. The van der Waals surface area contributed by atoms with Crippen molar-refractivity contribution in [2.45, 2.75) is 17.7 Å². The normalized spacial score (nSPS) is 13.0. The molecule has 0 fully saturated rings. The van der Waals surface area contributed by atoms with Gasteiger partial charge >= 0.3 is 5.92 Å². The smallest absolute Gasteiger partial charge is 0.301 e. The van der Waals surface area contributed by atoms with Gasteiger partial charge in [-0.3, -0.25) is 0 Å². The predicted octanol–water partition coefficient (Wildman–Crippen LogP) is 2.62. The van der Waals surface area contributed by atoms with E-state index in [0.717, 1.165) is 4.90 Å². The fourth-order valence-corrected chi connectivity index (χ4v) is 0.913. The Morgan fingerprint density at radius 1 is 1.36 bits per heavy atom. The maximum absolute atomic E-state index is 12.6. The number of alkyl halides is 2. The van der Waals surface area contributed by atoms with Crippen LogP contribution in [0.4, 0.5) is 14.5 Å². The molecule has 0 aliphatic rings. The van der Waals surface area contributed by atoms with Crippen molar-refractivity contribution in [3.8, 4) is 0 Å². The Balaban J connectivity index is 2.93. The van der Waals surface area contributed by atoms with Gasteiger partial charge in [-0.1, -0.05) is 0 Å². The van der Waals surface area contributed by atoms with Crippen LogP contribution in [0.25, 0.3) is 0 Å². The third-order valence-electron chi connectivity index (χ3n) is 1.55. The molecule has 0 amide bonds. The van der Waals surface area contributed by atoms with Gasteiger partial charge in [-0.05, 0) is 24.3 Å².